The summed E-state index contributed by atoms with van der Waals surface area (Å²) in [6, 6.07) is 6.74. The molecule has 0 unspecified atom stereocenters. The molecule has 7 nitrogen and oxygen atoms in total. The predicted molar refractivity (Wildman–Crippen MR) is 60.2 cm³/mol. The quantitative estimate of drug-likeness (QED) is 0.635. The Labute approximate surface area is 103 Å². The number of aromatic nitrogens is 3. The van der Waals surface area contributed by atoms with Gasteiger partial charge in [-0.3, -0.25) is 4.98 Å². The van der Waals surface area contributed by atoms with E-state index < -0.39 is 5.97 Å². The first-order chi connectivity index (χ1) is 8.70. The van der Waals surface area contributed by atoms with E-state index in [9.17, 15) is 10.0 Å². The molecule has 0 aliphatic carbocycles. The highest BCUT2D eigenvalue weighted by atomic mass is 16.6. The largest absolute Gasteiger partial charge is 0.466 e. The van der Waals surface area contributed by atoms with Crippen LogP contribution in [0.1, 0.15) is 0 Å². The van der Waals surface area contributed by atoms with Gasteiger partial charge in [0.15, 0.2) is 6.61 Å². The van der Waals surface area contributed by atoms with Crippen LogP contribution in [0.3, 0.4) is 0 Å². The minimum absolute atomic E-state index is 0.114. The molecule has 0 amide bonds. The summed E-state index contributed by atoms with van der Waals surface area (Å²) >= 11 is 0. The highest BCUT2D eigenvalue weighted by Gasteiger charge is 2.12. The Kier molecular flexibility index (Phi) is 3.42. The summed E-state index contributed by atoms with van der Waals surface area (Å²) in [5.41, 5.74) is 0.913. The third-order valence-electron chi connectivity index (χ3n) is 2.16. The van der Waals surface area contributed by atoms with Crippen molar-refractivity contribution in [3.8, 4) is 17.3 Å². The highest BCUT2D eigenvalue weighted by molar-refractivity contribution is 5.70. The lowest BCUT2D eigenvalue weighted by atomic mass is 10.3. The summed E-state index contributed by atoms with van der Waals surface area (Å²) in [4.78, 5) is 15.6. The molecule has 2 heterocycles. The van der Waals surface area contributed by atoms with Crippen molar-refractivity contribution < 1.29 is 19.5 Å². The predicted octanol–water partition coefficient (Wildman–Crippen LogP) is 0.734. The lowest BCUT2D eigenvalue weighted by Gasteiger charge is -1.98. The molecule has 18 heavy (non-hydrogen) atoms. The average molecular weight is 249 g/mol. The molecule has 0 saturated heterocycles. The fraction of sp³-hybridized carbons (Fsp3) is 0.182. The lowest BCUT2D eigenvalue weighted by molar-refractivity contribution is -0.143. The van der Waals surface area contributed by atoms with Gasteiger partial charge in [0.05, 0.1) is 12.8 Å². The van der Waals surface area contributed by atoms with Crippen LogP contribution in [0.2, 0.25) is 0 Å². The standard InChI is InChI=1S/C11H11N3O4/c1-17-11(15)7-18-10-6-9(14(16)13-10)8-4-2-3-5-12-8/h2-6,16H,7H2,1H3. The number of ether oxygens (including phenoxy) is 2. The summed E-state index contributed by atoms with van der Waals surface area (Å²) in [6.07, 6.45) is 1.59. The minimum atomic E-state index is -0.526. The van der Waals surface area contributed by atoms with Crippen LogP contribution in [0.5, 0.6) is 5.88 Å². The van der Waals surface area contributed by atoms with Crippen molar-refractivity contribution in [2.45, 2.75) is 0 Å². The van der Waals surface area contributed by atoms with Gasteiger partial charge in [-0.1, -0.05) is 16.0 Å². The Morgan fingerprint density at radius 2 is 2.33 bits per heavy atom. The van der Waals surface area contributed by atoms with Crippen LogP contribution in [0.25, 0.3) is 11.4 Å². The third kappa shape index (κ3) is 2.57. The molecule has 0 aliphatic heterocycles. The molecule has 0 saturated carbocycles. The smallest absolute Gasteiger partial charge is 0.343 e. The van der Waals surface area contributed by atoms with Crippen molar-refractivity contribution in [2.75, 3.05) is 13.7 Å². The van der Waals surface area contributed by atoms with E-state index in [1.54, 1.807) is 24.4 Å². The molecule has 2 rings (SSSR count). The average Bonchev–Trinajstić information content (AvgIpc) is 2.78. The molecule has 2 aromatic heterocycles. The van der Waals surface area contributed by atoms with Crippen LogP contribution in [0.4, 0.5) is 0 Å². The maximum absolute atomic E-state index is 10.9. The van der Waals surface area contributed by atoms with Crippen LogP contribution in [0, 0.1) is 0 Å². The Bertz CT molecular complexity index is 538. The summed E-state index contributed by atoms with van der Waals surface area (Å²) in [5.74, 6) is -0.412. The van der Waals surface area contributed by atoms with Gasteiger partial charge < -0.3 is 14.7 Å². The van der Waals surface area contributed by atoms with E-state index in [4.69, 9.17) is 4.74 Å². The number of rotatable bonds is 4. The third-order valence-corrected chi connectivity index (χ3v) is 2.16. The maximum atomic E-state index is 10.9. The number of carbonyl (C=O) groups excluding carboxylic acids is 1. The zero-order valence-electron chi connectivity index (χ0n) is 9.61. The lowest BCUT2D eigenvalue weighted by Crippen LogP contribution is -2.12. The summed E-state index contributed by atoms with van der Waals surface area (Å²) in [6.45, 7) is -0.269. The Balaban J connectivity index is 2.15. The second-order valence-electron chi connectivity index (χ2n) is 3.34. The topological polar surface area (TPSA) is 86.5 Å². The number of methoxy groups -OCH3 is 1. The highest BCUT2D eigenvalue weighted by Crippen LogP contribution is 2.20. The van der Waals surface area contributed by atoms with Gasteiger partial charge in [-0.15, -0.1) is 0 Å². The molecular formula is C11H11N3O4. The number of pyridine rings is 1. The number of carbonyl (C=O) groups is 1. The van der Waals surface area contributed by atoms with E-state index in [1.165, 1.54) is 13.2 Å². The van der Waals surface area contributed by atoms with Crippen molar-refractivity contribution in [3.05, 3.63) is 30.5 Å². The monoisotopic (exact) mass is 249 g/mol. The molecule has 0 atom stereocenters. The molecule has 0 fully saturated rings. The zero-order chi connectivity index (χ0) is 13.0. The van der Waals surface area contributed by atoms with Gasteiger partial charge in [0.25, 0.3) is 0 Å². The van der Waals surface area contributed by atoms with Crippen LogP contribution in [-0.4, -0.2) is 39.8 Å². The number of hydrogen-bond acceptors (Lipinski definition) is 6. The molecule has 2 aromatic rings. The minimum Gasteiger partial charge on any atom is -0.466 e. The van der Waals surface area contributed by atoms with Crippen LogP contribution in [-0.2, 0) is 9.53 Å². The molecule has 1 N–H and O–H groups in total. The van der Waals surface area contributed by atoms with Crippen molar-refractivity contribution in [1.82, 2.24) is 14.9 Å². The Hall–Kier alpha value is -2.57. The summed E-state index contributed by atoms with van der Waals surface area (Å²) in [5, 5.41) is 13.3. The molecule has 7 heteroatoms. The molecule has 0 bridgehead atoms. The van der Waals surface area contributed by atoms with Crippen LogP contribution >= 0.6 is 0 Å². The van der Waals surface area contributed by atoms with Gasteiger partial charge in [0, 0.05) is 12.3 Å². The second-order valence-corrected chi connectivity index (χ2v) is 3.34. The van der Waals surface area contributed by atoms with E-state index >= 15 is 0 Å². The normalized spacial score (nSPS) is 10.1. The number of esters is 1. The van der Waals surface area contributed by atoms with Gasteiger partial charge >= 0.3 is 5.97 Å². The van der Waals surface area contributed by atoms with E-state index in [2.05, 4.69) is 14.8 Å². The summed E-state index contributed by atoms with van der Waals surface area (Å²) < 4.78 is 9.47. The summed E-state index contributed by atoms with van der Waals surface area (Å²) in [7, 11) is 1.26. The van der Waals surface area contributed by atoms with Crippen molar-refractivity contribution >= 4 is 5.97 Å². The van der Waals surface area contributed by atoms with Crippen LogP contribution in [0.15, 0.2) is 30.5 Å². The van der Waals surface area contributed by atoms with E-state index in [1.807, 2.05) is 0 Å². The zero-order valence-corrected chi connectivity index (χ0v) is 9.61. The van der Waals surface area contributed by atoms with Crippen molar-refractivity contribution in [1.29, 1.82) is 0 Å². The number of nitrogens with zero attached hydrogens (tertiary/aromatic N) is 3. The van der Waals surface area contributed by atoms with Gasteiger partial charge in [0.1, 0.15) is 5.69 Å². The molecule has 0 aliphatic rings. The second kappa shape index (κ2) is 5.17. The molecule has 94 valence electrons. The fourth-order valence-electron chi connectivity index (χ4n) is 1.30. The fourth-order valence-corrected chi connectivity index (χ4v) is 1.30. The molecule has 0 spiro atoms. The first kappa shape index (κ1) is 11.9. The van der Waals surface area contributed by atoms with Crippen LogP contribution < -0.4 is 4.74 Å². The van der Waals surface area contributed by atoms with Crippen molar-refractivity contribution in [3.63, 3.8) is 0 Å². The van der Waals surface area contributed by atoms with E-state index in [0.717, 1.165) is 0 Å². The van der Waals surface area contributed by atoms with Gasteiger partial charge in [-0.25, -0.2) is 4.79 Å². The first-order valence-electron chi connectivity index (χ1n) is 5.11. The molecular weight excluding hydrogens is 238 g/mol. The van der Waals surface area contributed by atoms with E-state index in [-0.39, 0.29) is 12.5 Å². The Morgan fingerprint density at radius 3 is 3.00 bits per heavy atom. The van der Waals surface area contributed by atoms with Gasteiger partial charge in [-0.2, -0.15) is 0 Å². The van der Waals surface area contributed by atoms with E-state index in [0.29, 0.717) is 16.2 Å². The van der Waals surface area contributed by atoms with Gasteiger partial charge in [-0.05, 0) is 12.1 Å². The molecule has 0 radical (unpaired) electrons. The first-order valence-corrected chi connectivity index (χ1v) is 5.11. The molecule has 0 aromatic carbocycles. The SMILES string of the molecule is COC(=O)COc1cc(-c2ccccn2)n(O)n1. The number of hydrogen-bond donors (Lipinski definition) is 1. The van der Waals surface area contributed by atoms with Crippen molar-refractivity contribution in [2.24, 2.45) is 0 Å². The van der Waals surface area contributed by atoms with Gasteiger partial charge in [0.2, 0.25) is 5.88 Å². The maximum Gasteiger partial charge on any atom is 0.343 e. The Morgan fingerprint density at radius 1 is 1.50 bits per heavy atom.